The Balaban J connectivity index is 0.000000336. The van der Waals surface area contributed by atoms with Crippen LogP contribution in [0.4, 0.5) is 5.82 Å². The van der Waals surface area contributed by atoms with Crippen LogP contribution in [0.15, 0.2) is 9.78 Å². The van der Waals surface area contributed by atoms with Crippen LogP contribution in [0, 0.1) is 17.9 Å². The minimum atomic E-state index is -0.223. The Hall–Kier alpha value is -2.81. The van der Waals surface area contributed by atoms with Crippen molar-refractivity contribution in [3.8, 4) is 6.07 Å². The highest BCUT2D eigenvalue weighted by Crippen LogP contribution is 2.01. The molecule has 1 aromatic heterocycles. The van der Waals surface area contributed by atoms with Crippen molar-refractivity contribution >= 4 is 11.7 Å². The molecule has 0 aliphatic heterocycles. The summed E-state index contributed by atoms with van der Waals surface area (Å²) in [6, 6.07) is 1.66. The topological polar surface area (TPSA) is 152 Å². The summed E-state index contributed by atoms with van der Waals surface area (Å²) in [7, 11) is 0. The summed E-state index contributed by atoms with van der Waals surface area (Å²) in [6.07, 6.45) is 0. The molecule has 1 rings (SSSR count). The number of anilines is 1. The van der Waals surface area contributed by atoms with Crippen LogP contribution in [0.25, 0.3) is 4.85 Å². The highest BCUT2D eigenvalue weighted by molar-refractivity contribution is 5.98. The van der Waals surface area contributed by atoms with Crippen molar-refractivity contribution in [2.24, 2.45) is 10.9 Å². The first kappa shape index (κ1) is 12.2. The van der Waals surface area contributed by atoms with E-state index in [1.165, 1.54) is 0 Å². The van der Waals surface area contributed by atoms with E-state index in [2.05, 4.69) is 24.9 Å². The number of nitrogen functional groups attached to an aromatic ring is 1. The van der Waals surface area contributed by atoms with Crippen molar-refractivity contribution in [2.75, 3.05) is 12.3 Å². The van der Waals surface area contributed by atoms with E-state index in [9.17, 15) is 0 Å². The lowest BCUT2D eigenvalue weighted by atomic mass is 10.4. The predicted molar refractivity (Wildman–Crippen MR) is 48.3 cm³/mol. The maximum absolute atomic E-state index is 8.13. The van der Waals surface area contributed by atoms with Gasteiger partial charge in [-0.25, -0.2) is 11.2 Å². The van der Waals surface area contributed by atoms with Crippen LogP contribution in [-0.4, -0.2) is 27.9 Å². The molecule has 1 aromatic rings. The Morgan fingerprint density at radius 3 is 2.67 bits per heavy atom. The molecule has 0 saturated heterocycles. The average Bonchev–Trinajstić information content (AvgIpc) is 2.65. The van der Waals surface area contributed by atoms with Crippen LogP contribution in [0.5, 0.6) is 0 Å². The number of hydrogen-bond donors (Lipinski definition) is 3. The summed E-state index contributed by atoms with van der Waals surface area (Å²) < 4.78 is 4.17. The summed E-state index contributed by atoms with van der Waals surface area (Å²) in [6.45, 7) is 5.99. The van der Waals surface area contributed by atoms with Crippen molar-refractivity contribution in [3.63, 3.8) is 0 Å². The molecule has 0 aliphatic rings. The van der Waals surface area contributed by atoms with Crippen LogP contribution in [0.3, 0.4) is 0 Å². The largest absolute Gasteiger partial charge is 0.409 e. The van der Waals surface area contributed by atoms with E-state index in [4.69, 9.17) is 28.5 Å². The van der Waals surface area contributed by atoms with E-state index in [0.29, 0.717) is 0 Å². The van der Waals surface area contributed by atoms with Gasteiger partial charge < -0.3 is 21.5 Å². The van der Waals surface area contributed by atoms with Gasteiger partial charge in [-0.15, -0.1) is 0 Å². The second-order valence-electron chi connectivity index (χ2n) is 1.96. The fraction of sp³-hybridized carbons (Fsp3) is 0.167. The van der Waals surface area contributed by atoms with Gasteiger partial charge in [-0.3, -0.25) is 0 Å². The quantitative estimate of drug-likeness (QED) is 0.136. The molecule has 0 bridgehead atoms. The van der Waals surface area contributed by atoms with Gasteiger partial charge in [0.2, 0.25) is 0 Å². The van der Waals surface area contributed by atoms with Crippen molar-refractivity contribution < 1.29 is 9.84 Å². The Bertz CT molecular complexity index is 398. The molecule has 0 aliphatic carbocycles. The number of nitrogens with two attached hydrogens (primary N) is 2. The lowest BCUT2D eigenvalue weighted by Crippen LogP contribution is -2.15. The van der Waals surface area contributed by atoms with Crippen LogP contribution < -0.4 is 11.5 Å². The van der Waals surface area contributed by atoms with Crippen LogP contribution in [-0.2, 0) is 0 Å². The molecule has 0 amide bonds. The number of oxime groups is 1. The van der Waals surface area contributed by atoms with E-state index in [1.807, 2.05) is 0 Å². The first-order valence-corrected chi connectivity index (χ1v) is 3.43. The van der Waals surface area contributed by atoms with Crippen molar-refractivity contribution in [2.45, 2.75) is 0 Å². The lowest BCUT2D eigenvalue weighted by Gasteiger charge is -1.87. The number of nitrogens with zero attached hydrogens (tertiary/aromatic N) is 5. The molecule has 9 heteroatoms. The van der Waals surface area contributed by atoms with Gasteiger partial charge in [0.1, 0.15) is 6.07 Å². The maximum atomic E-state index is 8.13. The van der Waals surface area contributed by atoms with Crippen molar-refractivity contribution in [3.05, 3.63) is 17.1 Å². The third kappa shape index (κ3) is 4.10. The van der Waals surface area contributed by atoms with Gasteiger partial charge in [0.25, 0.3) is 6.54 Å². The second kappa shape index (κ2) is 6.68. The smallest absolute Gasteiger partial charge is 0.298 e. The molecule has 0 fully saturated rings. The fourth-order valence-electron chi connectivity index (χ4n) is 0.456. The first-order valence-electron chi connectivity index (χ1n) is 3.43. The zero-order chi connectivity index (χ0) is 11.7. The van der Waals surface area contributed by atoms with Gasteiger partial charge in [-0.1, -0.05) is 5.16 Å². The Morgan fingerprint density at radius 1 is 1.73 bits per heavy atom. The number of rotatable bonds is 1. The third-order valence-electron chi connectivity index (χ3n) is 1.01. The summed E-state index contributed by atoms with van der Waals surface area (Å²) in [5.41, 5.74) is 10.3. The summed E-state index contributed by atoms with van der Waals surface area (Å²) in [5, 5.41) is 24.8. The van der Waals surface area contributed by atoms with Crippen molar-refractivity contribution in [1.82, 2.24) is 10.3 Å². The number of hydrogen-bond acceptors (Lipinski definition) is 7. The van der Waals surface area contributed by atoms with E-state index >= 15 is 0 Å². The molecular formula is C6H7N7O2. The minimum absolute atomic E-state index is 0.00435. The van der Waals surface area contributed by atoms with Gasteiger partial charge >= 0.3 is 0 Å². The van der Waals surface area contributed by atoms with Crippen LogP contribution >= 0.6 is 0 Å². The average molecular weight is 209 g/mol. The van der Waals surface area contributed by atoms with Gasteiger partial charge in [0, 0.05) is 0 Å². The maximum Gasteiger partial charge on any atom is 0.298 e. The molecule has 0 unspecified atom stereocenters. The van der Waals surface area contributed by atoms with Crippen molar-refractivity contribution in [1.29, 1.82) is 5.26 Å². The standard InChI is InChI=1S/C3H5N5O2.C3H2N2/c4-2(6-9)1-3(5)8-10-7-1;1-5-3-2-4/h9H,(H2,4,6)(H2,5,8);3H2. The lowest BCUT2D eigenvalue weighted by molar-refractivity contribution is 0.305. The van der Waals surface area contributed by atoms with Gasteiger partial charge in [-0.05, 0) is 10.3 Å². The van der Waals surface area contributed by atoms with Crippen LogP contribution in [0.1, 0.15) is 5.69 Å². The molecule has 78 valence electrons. The monoisotopic (exact) mass is 209 g/mol. The molecule has 1 heterocycles. The third-order valence-corrected chi connectivity index (χ3v) is 1.01. The van der Waals surface area contributed by atoms with E-state index < -0.39 is 0 Å². The SMILES string of the molecule is NC(=NO)c1nonc1N.[C-]#[N+]CC#N. The highest BCUT2D eigenvalue weighted by Gasteiger charge is 2.09. The summed E-state index contributed by atoms with van der Waals surface area (Å²) in [5.74, 6) is -0.228. The molecule has 0 spiro atoms. The second-order valence-corrected chi connectivity index (χ2v) is 1.96. The molecule has 0 atom stereocenters. The van der Waals surface area contributed by atoms with Gasteiger partial charge in [-0.2, -0.15) is 5.26 Å². The highest BCUT2D eigenvalue weighted by atomic mass is 16.6. The van der Waals surface area contributed by atoms with Crippen LogP contribution in [0.2, 0.25) is 0 Å². The molecular weight excluding hydrogens is 202 g/mol. The molecule has 5 N–H and O–H groups in total. The Morgan fingerprint density at radius 2 is 2.40 bits per heavy atom. The zero-order valence-corrected chi connectivity index (χ0v) is 7.45. The zero-order valence-electron chi connectivity index (χ0n) is 7.45. The van der Waals surface area contributed by atoms with E-state index in [1.54, 1.807) is 6.07 Å². The molecule has 15 heavy (non-hydrogen) atoms. The predicted octanol–water partition coefficient (Wildman–Crippen LogP) is -0.824. The van der Waals surface area contributed by atoms with E-state index in [-0.39, 0.29) is 23.9 Å². The number of amidine groups is 1. The molecule has 0 radical (unpaired) electrons. The number of nitriles is 1. The molecule has 0 aromatic carbocycles. The Kier molecular flexibility index (Phi) is 5.43. The minimum Gasteiger partial charge on any atom is -0.409 e. The van der Waals surface area contributed by atoms with Gasteiger partial charge in [0.05, 0.1) is 0 Å². The molecule has 9 nitrogen and oxygen atoms in total. The fourth-order valence-corrected chi connectivity index (χ4v) is 0.456. The summed E-state index contributed by atoms with van der Waals surface area (Å²) >= 11 is 0. The normalized spacial score (nSPS) is 9.33. The van der Waals surface area contributed by atoms with E-state index in [0.717, 1.165) is 0 Å². The molecule has 0 saturated carbocycles. The first-order chi connectivity index (χ1) is 7.17. The van der Waals surface area contributed by atoms with Gasteiger partial charge in [0.15, 0.2) is 17.3 Å². The Labute approximate surface area is 84.4 Å². The summed E-state index contributed by atoms with van der Waals surface area (Å²) in [4.78, 5) is 2.74. The number of aromatic nitrogens is 2.